The highest BCUT2D eigenvalue weighted by atomic mass is 16.5. The van der Waals surface area contributed by atoms with E-state index in [0.29, 0.717) is 34.2 Å². The molecule has 0 aliphatic carbocycles. The Labute approximate surface area is 182 Å². The molecular formula is C25H28N2O4. The number of nitrogens with zero attached hydrogens (tertiary/aromatic N) is 1. The lowest BCUT2D eigenvalue weighted by atomic mass is 9.91. The molecule has 1 aromatic heterocycles. The van der Waals surface area contributed by atoms with Crippen LogP contribution in [0.2, 0.25) is 0 Å². The van der Waals surface area contributed by atoms with Gasteiger partial charge in [-0.15, -0.1) is 0 Å². The van der Waals surface area contributed by atoms with E-state index in [1.54, 1.807) is 19.2 Å². The molecule has 1 fully saturated rings. The first kappa shape index (κ1) is 21.1. The number of hydrogen-bond donors (Lipinski definition) is 1. The Morgan fingerprint density at radius 1 is 1.06 bits per heavy atom. The molecule has 0 spiro atoms. The molecule has 6 heteroatoms. The van der Waals surface area contributed by atoms with Crippen molar-refractivity contribution in [3.63, 3.8) is 0 Å². The minimum absolute atomic E-state index is 0.0592. The summed E-state index contributed by atoms with van der Waals surface area (Å²) in [4.78, 5) is 28.3. The summed E-state index contributed by atoms with van der Waals surface area (Å²) in [6.07, 6.45) is 1.12. The van der Waals surface area contributed by atoms with Crippen LogP contribution >= 0.6 is 0 Å². The van der Waals surface area contributed by atoms with Crippen molar-refractivity contribution in [1.29, 1.82) is 0 Å². The van der Waals surface area contributed by atoms with Crippen LogP contribution in [-0.2, 0) is 11.3 Å². The molecule has 1 aliphatic rings. The SMILES string of the molecule is COCc1c(C(=O)Nc2ccccc2C(=O)N2CC(C)CC(C)C2)oc2ccccc12. The highest BCUT2D eigenvalue weighted by molar-refractivity contribution is 6.10. The van der Waals surface area contributed by atoms with E-state index in [2.05, 4.69) is 19.2 Å². The molecule has 1 N–H and O–H groups in total. The first-order chi connectivity index (χ1) is 15.0. The van der Waals surface area contributed by atoms with Crippen LogP contribution in [0.4, 0.5) is 5.69 Å². The monoisotopic (exact) mass is 420 g/mol. The molecule has 1 aliphatic heterocycles. The maximum absolute atomic E-state index is 13.3. The number of carbonyl (C=O) groups is 2. The van der Waals surface area contributed by atoms with Crippen LogP contribution in [0.5, 0.6) is 0 Å². The summed E-state index contributed by atoms with van der Waals surface area (Å²) in [7, 11) is 1.58. The van der Waals surface area contributed by atoms with Gasteiger partial charge in [-0.1, -0.05) is 44.2 Å². The predicted octanol–water partition coefficient (Wildman–Crippen LogP) is 4.95. The maximum Gasteiger partial charge on any atom is 0.291 e. The molecule has 0 saturated carbocycles. The summed E-state index contributed by atoms with van der Waals surface area (Å²) >= 11 is 0. The first-order valence-corrected chi connectivity index (χ1v) is 10.7. The number of ether oxygens (including phenoxy) is 1. The lowest BCUT2D eigenvalue weighted by molar-refractivity contribution is 0.0624. The Balaban J connectivity index is 1.62. The summed E-state index contributed by atoms with van der Waals surface area (Å²) in [6.45, 7) is 6.05. The van der Waals surface area contributed by atoms with Crippen molar-refractivity contribution in [1.82, 2.24) is 4.90 Å². The van der Waals surface area contributed by atoms with Crippen molar-refractivity contribution in [3.8, 4) is 0 Å². The van der Waals surface area contributed by atoms with Gasteiger partial charge in [0.25, 0.3) is 11.8 Å². The number of amides is 2. The number of carbonyl (C=O) groups excluding carboxylic acids is 2. The quantitative estimate of drug-likeness (QED) is 0.634. The zero-order chi connectivity index (χ0) is 22.0. The Morgan fingerprint density at radius 3 is 2.48 bits per heavy atom. The normalized spacial score (nSPS) is 18.9. The Morgan fingerprint density at radius 2 is 1.74 bits per heavy atom. The van der Waals surface area contributed by atoms with Crippen molar-refractivity contribution in [2.75, 3.05) is 25.5 Å². The molecule has 2 heterocycles. The standard InChI is InChI=1S/C25H28N2O4/c1-16-12-17(2)14-27(13-16)25(29)19-9-4-6-10-21(19)26-24(28)23-20(15-30-3)18-8-5-7-11-22(18)31-23/h4-11,16-17H,12-15H2,1-3H3,(H,26,28). The third kappa shape index (κ3) is 4.35. The largest absolute Gasteiger partial charge is 0.451 e. The zero-order valence-corrected chi connectivity index (χ0v) is 18.2. The summed E-state index contributed by atoms with van der Waals surface area (Å²) in [6, 6.07) is 14.6. The fraction of sp³-hybridized carbons (Fsp3) is 0.360. The number of rotatable bonds is 5. The van der Waals surface area contributed by atoms with Crippen LogP contribution in [0.15, 0.2) is 52.9 Å². The number of methoxy groups -OCH3 is 1. The third-order valence-corrected chi connectivity index (χ3v) is 5.75. The number of fused-ring (bicyclic) bond motifs is 1. The number of benzene rings is 2. The molecule has 3 aromatic rings. The number of likely N-dealkylation sites (tertiary alicyclic amines) is 1. The average Bonchev–Trinajstić information content (AvgIpc) is 3.12. The van der Waals surface area contributed by atoms with Crippen molar-refractivity contribution >= 4 is 28.5 Å². The summed E-state index contributed by atoms with van der Waals surface area (Å²) in [5, 5.41) is 3.74. The minimum Gasteiger partial charge on any atom is -0.451 e. The second kappa shape index (κ2) is 8.94. The van der Waals surface area contributed by atoms with E-state index in [1.807, 2.05) is 41.3 Å². The van der Waals surface area contributed by atoms with Crippen molar-refractivity contribution < 1.29 is 18.7 Å². The molecule has 2 unspecified atom stereocenters. The van der Waals surface area contributed by atoms with Crippen LogP contribution in [0.3, 0.4) is 0 Å². The molecule has 0 bridgehead atoms. The zero-order valence-electron chi connectivity index (χ0n) is 18.2. The van der Waals surface area contributed by atoms with Gasteiger partial charge in [0.1, 0.15) is 5.58 Å². The molecule has 6 nitrogen and oxygen atoms in total. The number of para-hydroxylation sites is 2. The van der Waals surface area contributed by atoms with Gasteiger partial charge in [0.05, 0.1) is 17.9 Å². The van der Waals surface area contributed by atoms with Crippen LogP contribution in [-0.4, -0.2) is 36.9 Å². The Bertz CT molecular complexity index is 1090. The fourth-order valence-electron chi connectivity index (χ4n) is 4.53. The van der Waals surface area contributed by atoms with Crippen molar-refractivity contribution in [3.05, 3.63) is 65.4 Å². The van der Waals surface area contributed by atoms with Crippen LogP contribution < -0.4 is 5.32 Å². The van der Waals surface area contributed by atoms with Gasteiger partial charge in [0, 0.05) is 31.1 Å². The van der Waals surface area contributed by atoms with Crippen LogP contribution in [0.25, 0.3) is 11.0 Å². The van der Waals surface area contributed by atoms with E-state index in [-0.39, 0.29) is 18.3 Å². The highest BCUT2D eigenvalue weighted by Gasteiger charge is 2.28. The molecule has 2 atom stereocenters. The van der Waals surface area contributed by atoms with Crippen molar-refractivity contribution in [2.45, 2.75) is 26.9 Å². The number of hydrogen-bond acceptors (Lipinski definition) is 4. The third-order valence-electron chi connectivity index (χ3n) is 5.75. The Hall–Kier alpha value is -3.12. The molecule has 2 amide bonds. The lowest BCUT2D eigenvalue weighted by Gasteiger charge is -2.35. The molecule has 0 radical (unpaired) electrons. The second-order valence-electron chi connectivity index (χ2n) is 8.49. The number of nitrogens with one attached hydrogen (secondary N) is 1. The molecular weight excluding hydrogens is 392 g/mol. The second-order valence-corrected chi connectivity index (χ2v) is 8.49. The topological polar surface area (TPSA) is 71.8 Å². The molecule has 4 rings (SSSR count). The molecule has 1 saturated heterocycles. The summed E-state index contributed by atoms with van der Waals surface area (Å²) in [5.74, 6) is 0.661. The minimum atomic E-state index is -0.399. The van der Waals surface area contributed by atoms with Crippen LogP contribution in [0.1, 0.15) is 46.7 Å². The lowest BCUT2D eigenvalue weighted by Crippen LogP contribution is -2.42. The van der Waals surface area contributed by atoms with Gasteiger partial charge in [-0.2, -0.15) is 0 Å². The number of anilines is 1. The molecule has 31 heavy (non-hydrogen) atoms. The van der Waals surface area contributed by atoms with Gasteiger partial charge in [0.15, 0.2) is 5.76 Å². The van der Waals surface area contributed by atoms with Gasteiger partial charge in [0.2, 0.25) is 0 Å². The highest BCUT2D eigenvalue weighted by Crippen LogP contribution is 2.29. The van der Waals surface area contributed by atoms with E-state index >= 15 is 0 Å². The number of piperidine rings is 1. The molecule has 162 valence electrons. The van der Waals surface area contributed by atoms with Gasteiger partial charge in [-0.05, 0) is 36.5 Å². The van der Waals surface area contributed by atoms with Gasteiger partial charge in [-0.3, -0.25) is 9.59 Å². The summed E-state index contributed by atoms with van der Waals surface area (Å²) < 4.78 is 11.1. The van der Waals surface area contributed by atoms with Gasteiger partial charge in [-0.25, -0.2) is 0 Å². The van der Waals surface area contributed by atoms with E-state index in [1.165, 1.54) is 0 Å². The van der Waals surface area contributed by atoms with E-state index in [0.717, 1.165) is 24.9 Å². The van der Waals surface area contributed by atoms with Crippen LogP contribution in [0, 0.1) is 11.8 Å². The smallest absolute Gasteiger partial charge is 0.291 e. The average molecular weight is 421 g/mol. The molecule has 2 aromatic carbocycles. The Kier molecular flexibility index (Phi) is 6.09. The van der Waals surface area contributed by atoms with E-state index in [4.69, 9.17) is 9.15 Å². The summed E-state index contributed by atoms with van der Waals surface area (Å²) in [5.41, 5.74) is 2.28. The predicted molar refractivity (Wildman–Crippen MR) is 120 cm³/mol. The van der Waals surface area contributed by atoms with Gasteiger partial charge >= 0.3 is 0 Å². The van der Waals surface area contributed by atoms with E-state index in [9.17, 15) is 9.59 Å². The maximum atomic E-state index is 13.3. The van der Waals surface area contributed by atoms with Crippen molar-refractivity contribution in [2.24, 2.45) is 11.8 Å². The van der Waals surface area contributed by atoms with Gasteiger partial charge < -0.3 is 19.4 Å². The fourth-order valence-corrected chi connectivity index (χ4v) is 4.53. The number of furan rings is 1. The first-order valence-electron chi connectivity index (χ1n) is 10.7. The van der Waals surface area contributed by atoms with E-state index < -0.39 is 5.91 Å².